The van der Waals surface area contributed by atoms with Crippen molar-refractivity contribution in [2.75, 3.05) is 0 Å². The Morgan fingerprint density at radius 3 is 2.59 bits per heavy atom. The topological polar surface area (TPSA) is 81.6 Å². The lowest BCUT2D eigenvalue weighted by atomic mass is 10.1. The molecule has 0 aliphatic carbocycles. The van der Waals surface area contributed by atoms with Crippen LogP contribution in [0.15, 0.2) is 70.8 Å². The average molecular weight is 421 g/mol. The normalized spacial score (nSPS) is 12.3. The number of aromatic nitrogens is 2. The van der Waals surface area contributed by atoms with Crippen LogP contribution >= 0.6 is 15.9 Å². The van der Waals surface area contributed by atoms with Crippen molar-refractivity contribution in [3.63, 3.8) is 0 Å². The standard InChI is InChI=1S/C21H17BrN4O/c1-14(15-5-3-2-4-6-15)25-21(27)17(12-23)11-18-13-24-26-20(18)16-7-9-19(22)10-8-16/h2-11,13-14H,1H3,(H,24,26)(H,25,27). The van der Waals surface area contributed by atoms with Crippen molar-refractivity contribution in [3.05, 3.63) is 82.0 Å². The first kappa shape index (κ1) is 18.6. The fraction of sp³-hybridized carbons (Fsp3) is 0.0952. The number of carbonyl (C=O) groups is 1. The molecule has 1 unspecified atom stereocenters. The number of nitrogens with one attached hydrogen (secondary N) is 2. The molecule has 0 fully saturated rings. The van der Waals surface area contributed by atoms with Gasteiger partial charge in [0.1, 0.15) is 11.6 Å². The Hall–Kier alpha value is -3.17. The third-order valence-electron chi connectivity index (χ3n) is 4.11. The van der Waals surface area contributed by atoms with Gasteiger partial charge in [-0.15, -0.1) is 0 Å². The van der Waals surface area contributed by atoms with Gasteiger partial charge in [0.2, 0.25) is 0 Å². The van der Waals surface area contributed by atoms with Gasteiger partial charge in [-0.2, -0.15) is 10.4 Å². The summed E-state index contributed by atoms with van der Waals surface area (Å²) in [6.45, 7) is 1.88. The van der Waals surface area contributed by atoms with E-state index in [0.29, 0.717) is 5.56 Å². The molecule has 27 heavy (non-hydrogen) atoms. The number of hydrogen-bond acceptors (Lipinski definition) is 3. The first-order chi connectivity index (χ1) is 13.1. The lowest BCUT2D eigenvalue weighted by molar-refractivity contribution is -0.117. The number of halogens is 1. The molecule has 0 bridgehead atoms. The van der Waals surface area contributed by atoms with Gasteiger partial charge in [-0.1, -0.05) is 58.4 Å². The maximum absolute atomic E-state index is 12.5. The highest BCUT2D eigenvalue weighted by molar-refractivity contribution is 9.10. The highest BCUT2D eigenvalue weighted by Crippen LogP contribution is 2.25. The third-order valence-corrected chi connectivity index (χ3v) is 4.64. The second-order valence-electron chi connectivity index (χ2n) is 5.98. The van der Waals surface area contributed by atoms with Crippen molar-refractivity contribution in [1.29, 1.82) is 5.26 Å². The van der Waals surface area contributed by atoms with Crippen LogP contribution in [0.1, 0.15) is 24.1 Å². The quantitative estimate of drug-likeness (QED) is 0.466. The summed E-state index contributed by atoms with van der Waals surface area (Å²) >= 11 is 3.41. The summed E-state index contributed by atoms with van der Waals surface area (Å²) in [5.41, 5.74) is 3.34. The molecule has 2 aromatic carbocycles. The molecule has 0 aliphatic rings. The summed E-state index contributed by atoms with van der Waals surface area (Å²) < 4.78 is 0.967. The number of amides is 1. The van der Waals surface area contributed by atoms with E-state index in [9.17, 15) is 10.1 Å². The predicted octanol–water partition coefficient (Wildman–Crippen LogP) is 4.62. The molecule has 3 aromatic rings. The zero-order chi connectivity index (χ0) is 19.2. The molecule has 5 nitrogen and oxygen atoms in total. The van der Waals surface area contributed by atoms with E-state index in [1.807, 2.05) is 67.6 Å². The monoisotopic (exact) mass is 420 g/mol. The van der Waals surface area contributed by atoms with E-state index in [0.717, 1.165) is 21.3 Å². The first-order valence-corrected chi connectivity index (χ1v) is 9.14. The summed E-state index contributed by atoms with van der Waals surface area (Å²) in [4.78, 5) is 12.5. The largest absolute Gasteiger partial charge is 0.345 e. The fourth-order valence-electron chi connectivity index (χ4n) is 2.66. The van der Waals surface area contributed by atoms with Crippen molar-refractivity contribution in [2.24, 2.45) is 0 Å². The molecule has 0 saturated carbocycles. The minimum absolute atomic E-state index is 0.0255. The van der Waals surface area contributed by atoms with Crippen molar-refractivity contribution in [1.82, 2.24) is 15.5 Å². The maximum atomic E-state index is 12.5. The first-order valence-electron chi connectivity index (χ1n) is 8.35. The zero-order valence-electron chi connectivity index (χ0n) is 14.6. The second-order valence-corrected chi connectivity index (χ2v) is 6.90. The highest BCUT2D eigenvalue weighted by Gasteiger charge is 2.15. The summed E-state index contributed by atoms with van der Waals surface area (Å²) in [6.07, 6.45) is 3.15. The molecule has 1 aromatic heterocycles. The van der Waals surface area contributed by atoms with Crippen LogP contribution in [-0.2, 0) is 4.79 Å². The third kappa shape index (κ3) is 4.52. The molecule has 134 valence electrons. The van der Waals surface area contributed by atoms with E-state index < -0.39 is 5.91 Å². The van der Waals surface area contributed by atoms with Crippen LogP contribution in [-0.4, -0.2) is 16.1 Å². The lowest BCUT2D eigenvalue weighted by Gasteiger charge is -2.13. The summed E-state index contributed by atoms with van der Waals surface area (Å²) in [6, 6.07) is 19.1. The van der Waals surface area contributed by atoms with Crippen LogP contribution in [0.3, 0.4) is 0 Å². The van der Waals surface area contributed by atoms with Crippen LogP contribution in [0.2, 0.25) is 0 Å². The Balaban J connectivity index is 1.83. The molecule has 2 N–H and O–H groups in total. The van der Waals surface area contributed by atoms with Gasteiger partial charge in [0.25, 0.3) is 5.91 Å². The molecular formula is C21H17BrN4O. The number of benzene rings is 2. The zero-order valence-corrected chi connectivity index (χ0v) is 16.2. The van der Waals surface area contributed by atoms with E-state index in [2.05, 4.69) is 31.4 Å². The SMILES string of the molecule is CC(NC(=O)C(C#N)=Cc1cn[nH]c1-c1ccc(Br)cc1)c1ccccc1. The predicted molar refractivity (Wildman–Crippen MR) is 108 cm³/mol. The number of aromatic amines is 1. The second kappa shape index (κ2) is 8.47. The summed E-state index contributed by atoms with van der Waals surface area (Å²) in [7, 11) is 0. The number of carbonyl (C=O) groups excluding carboxylic acids is 1. The Bertz CT molecular complexity index is 1000. The molecule has 1 atom stereocenters. The molecule has 3 rings (SSSR count). The smallest absolute Gasteiger partial charge is 0.262 e. The molecule has 1 amide bonds. The molecule has 0 saturated heterocycles. The van der Waals surface area contributed by atoms with Gasteiger partial charge in [-0.3, -0.25) is 9.89 Å². The lowest BCUT2D eigenvalue weighted by Crippen LogP contribution is -2.27. The van der Waals surface area contributed by atoms with E-state index in [4.69, 9.17) is 0 Å². The number of H-pyrrole nitrogens is 1. The minimum Gasteiger partial charge on any atom is -0.345 e. The van der Waals surface area contributed by atoms with Crippen molar-refractivity contribution in [3.8, 4) is 17.3 Å². The number of nitrogens with zero attached hydrogens (tertiary/aromatic N) is 2. The molecule has 1 heterocycles. The molecular weight excluding hydrogens is 404 g/mol. The van der Waals surface area contributed by atoms with Crippen LogP contribution in [0.4, 0.5) is 0 Å². The number of rotatable bonds is 5. The van der Waals surface area contributed by atoms with Crippen molar-refractivity contribution < 1.29 is 4.79 Å². The molecule has 0 spiro atoms. The molecule has 0 radical (unpaired) electrons. The van der Waals surface area contributed by atoms with E-state index in [1.54, 1.807) is 12.3 Å². The van der Waals surface area contributed by atoms with E-state index in [-0.39, 0.29) is 11.6 Å². The molecule has 6 heteroatoms. The van der Waals surface area contributed by atoms with Crippen LogP contribution < -0.4 is 5.32 Å². The van der Waals surface area contributed by atoms with Crippen molar-refractivity contribution in [2.45, 2.75) is 13.0 Å². The number of nitriles is 1. The Morgan fingerprint density at radius 2 is 1.93 bits per heavy atom. The minimum atomic E-state index is -0.420. The van der Waals surface area contributed by atoms with Crippen LogP contribution in [0.5, 0.6) is 0 Å². The Kier molecular flexibility index (Phi) is 5.84. The van der Waals surface area contributed by atoms with Crippen LogP contribution in [0.25, 0.3) is 17.3 Å². The van der Waals surface area contributed by atoms with Crippen LogP contribution in [0, 0.1) is 11.3 Å². The maximum Gasteiger partial charge on any atom is 0.262 e. The van der Waals surface area contributed by atoms with Gasteiger partial charge in [0.15, 0.2) is 0 Å². The molecule has 0 aliphatic heterocycles. The number of hydrogen-bond donors (Lipinski definition) is 2. The van der Waals surface area contributed by atoms with Gasteiger partial charge in [0, 0.05) is 15.6 Å². The van der Waals surface area contributed by atoms with E-state index >= 15 is 0 Å². The Morgan fingerprint density at radius 1 is 1.22 bits per heavy atom. The van der Waals surface area contributed by atoms with Gasteiger partial charge in [-0.25, -0.2) is 0 Å². The van der Waals surface area contributed by atoms with Crippen molar-refractivity contribution >= 4 is 27.9 Å². The summed E-state index contributed by atoms with van der Waals surface area (Å²) in [5.74, 6) is -0.420. The van der Waals surface area contributed by atoms with Gasteiger partial charge >= 0.3 is 0 Å². The summed E-state index contributed by atoms with van der Waals surface area (Å²) in [5, 5.41) is 19.3. The van der Waals surface area contributed by atoms with Gasteiger partial charge in [-0.05, 0) is 30.7 Å². The highest BCUT2D eigenvalue weighted by atomic mass is 79.9. The average Bonchev–Trinajstić information content (AvgIpc) is 3.15. The fourth-order valence-corrected chi connectivity index (χ4v) is 2.92. The van der Waals surface area contributed by atoms with E-state index in [1.165, 1.54) is 0 Å². The Labute approximate surface area is 165 Å². The van der Waals surface area contributed by atoms with Gasteiger partial charge in [0.05, 0.1) is 17.9 Å². The van der Waals surface area contributed by atoms with Gasteiger partial charge < -0.3 is 5.32 Å².